The maximum atomic E-state index is 13.8. The highest BCUT2D eigenvalue weighted by atomic mass is 31.2. The number of aliphatic hydroxyl groups is 1. The SMILES string of the molecule is CO[C@@]1(C)[C@H](n2ccc(=O)[nH]c2=O)O[C@](C)(CO[P@](=O)(N[C@H](C)C(=O)OC(C)C)Oc2ccccc2)[C@H]1O. The van der Waals surface area contributed by atoms with E-state index < -0.39 is 67.3 Å². The van der Waals surface area contributed by atoms with Crippen molar-refractivity contribution >= 4 is 13.7 Å². The Morgan fingerprint density at radius 3 is 2.45 bits per heavy atom. The Labute approximate surface area is 219 Å². The van der Waals surface area contributed by atoms with E-state index in [1.54, 1.807) is 44.2 Å². The first kappa shape index (κ1) is 29.8. The molecular weight excluding hydrogens is 521 g/mol. The summed E-state index contributed by atoms with van der Waals surface area (Å²) in [5, 5.41) is 13.8. The number of hydrogen-bond acceptors (Lipinski definition) is 10. The van der Waals surface area contributed by atoms with Gasteiger partial charge in [0.2, 0.25) is 0 Å². The van der Waals surface area contributed by atoms with Gasteiger partial charge in [0, 0.05) is 19.4 Å². The summed E-state index contributed by atoms with van der Waals surface area (Å²) in [6.45, 7) is 7.29. The number of benzene rings is 1. The van der Waals surface area contributed by atoms with Gasteiger partial charge in [-0.05, 0) is 46.8 Å². The zero-order chi connectivity index (χ0) is 28.3. The molecule has 1 aromatic carbocycles. The molecule has 0 bridgehead atoms. The second kappa shape index (κ2) is 11.5. The molecule has 38 heavy (non-hydrogen) atoms. The van der Waals surface area contributed by atoms with E-state index in [0.29, 0.717) is 0 Å². The van der Waals surface area contributed by atoms with Crippen LogP contribution in [0.4, 0.5) is 0 Å². The molecule has 210 valence electrons. The Balaban J connectivity index is 1.89. The lowest BCUT2D eigenvalue weighted by molar-refractivity contribution is -0.149. The number of aliphatic hydroxyl groups excluding tert-OH is 1. The van der Waals surface area contributed by atoms with Crippen LogP contribution in [0.15, 0.2) is 52.2 Å². The first-order valence-electron chi connectivity index (χ1n) is 11.9. The van der Waals surface area contributed by atoms with E-state index in [9.17, 15) is 24.1 Å². The largest absolute Gasteiger partial charge is 0.462 e. The fourth-order valence-corrected chi connectivity index (χ4v) is 5.58. The summed E-state index contributed by atoms with van der Waals surface area (Å²) in [7, 11) is -2.94. The number of para-hydroxylation sites is 1. The van der Waals surface area contributed by atoms with E-state index in [1.165, 1.54) is 34.1 Å². The Morgan fingerprint density at radius 2 is 1.87 bits per heavy atom. The molecule has 1 fully saturated rings. The number of rotatable bonds is 11. The van der Waals surface area contributed by atoms with Gasteiger partial charge >= 0.3 is 19.4 Å². The maximum absolute atomic E-state index is 13.8. The zero-order valence-electron chi connectivity index (χ0n) is 22.1. The van der Waals surface area contributed by atoms with Gasteiger partial charge < -0.3 is 23.8 Å². The Kier molecular flexibility index (Phi) is 9.02. The van der Waals surface area contributed by atoms with E-state index >= 15 is 0 Å². The number of methoxy groups -OCH3 is 1. The average molecular weight is 556 g/mol. The number of aromatic nitrogens is 2. The first-order valence-corrected chi connectivity index (χ1v) is 13.5. The number of H-pyrrole nitrogens is 1. The summed E-state index contributed by atoms with van der Waals surface area (Å²) < 4.78 is 43.1. The van der Waals surface area contributed by atoms with Crippen LogP contribution in [-0.4, -0.2) is 63.8 Å². The van der Waals surface area contributed by atoms with Crippen molar-refractivity contribution < 1.29 is 37.7 Å². The maximum Gasteiger partial charge on any atom is 0.459 e. The minimum Gasteiger partial charge on any atom is -0.462 e. The van der Waals surface area contributed by atoms with Crippen molar-refractivity contribution in [3.8, 4) is 5.75 Å². The van der Waals surface area contributed by atoms with Gasteiger partial charge in [-0.3, -0.25) is 23.7 Å². The number of esters is 1. The van der Waals surface area contributed by atoms with Gasteiger partial charge in [0.05, 0.1) is 12.7 Å². The average Bonchev–Trinajstić information content (AvgIpc) is 3.05. The van der Waals surface area contributed by atoms with Crippen LogP contribution in [0.3, 0.4) is 0 Å². The Morgan fingerprint density at radius 1 is 1.21 bits per heavy atom. The van der Waals surface area contributed by atoms with Crippen molar-refractivity contribution in [2.24, 2.45) is 0 Å². The standard InChI is InChI=1S/C24H34N3O10P/c1-15(2)35-19(29)16(3)26-38(32,37-17-10-8-7-9-11-17)34-14-23(4)20(30)24(5,33-6)21(36-23)27-13-12-18(28)25-22(27)31/h7-13,15-16,20-21,30H,14H2,1-6H3,(H,26,32)(H,25,28,31)/t16-,20-,21-,23-,24-,38-/m1/s1. The fourth-order valence-electron chi connectivity index (χ4n) is 4.00. The number of nitrogens with one attached hydrogen (secondary N) is 2. The lowest BCUT2D eigenvalue weighted by Gasteiger charge is -2.33. The summed E-state index contributed by atoms with van der Waals surface area (Å²) in [4.78, 5) is 38.5. The zero-order valence-corrected chi connectivity index (χ0v) is 23.0. The van der Waals surface area contributed by atoms with Crippen LogP contribution in [-0.2, 0) is 28.1 Å². The molecule has 14 heteroatoms. The molecule has 0 aliphatic carbocycles. The molecule has 1 aliphatic rings. The van der Waals surface area contributed by atoms with Crippen molar-refractivity contribution in [3.05, 3.63) is 63.4 Å². The molecule has 0 amide bonds. The molecule has 1 aromatic heterocycles. The quantitative estimate of drug-likeness (QED) is 0.273. The predicted octanol–water partition coefficient (Wildman–Crippen LogP) is 1.72. The molecule has 6 atom stereocenters. The van der Waals surface area contributed by atoms with E-state index in [2.05, 4.69) is 10.1 Å². The molecule has 0 saturated carbocycles. The third-order valence-electron chi connectivity index (χ3n) is 6.08. The summed E-state index contributed by atoms with van der Waals surface area (Å²) in [6.07, 6.45) is -1.78. The number of nitrogens with zero attached hydrogens (tertiary/aromatic N) is 1. The highest BCUT2D eigenvalue weighted by Crippen LogP contribution is 2.50. The van der Waals surface area contributed by atoms with Gasteiger partial charge in [-0.15, -0.1) is 0 Å². The summed E-state index contributed by atoms with van der Waals surface area (Å²) in [5.74, 6) is -0.474. The van der Waals surface area contributed by atoms with Gasteiger partial charge in [0.25, 0.3) is 5.56 Å². The molecule has 13 nitrogen and oxygen atoms in total. The highest BCUT2D eigenvalue weighted by molar-refractivity contribution is 7.52. The van der Waals surface area contributed by atoms with Crippen LogP contribution in [0.25, 0.3) is 0 Å². The van der Waals surface area contributed by atoms with Gasteiger partial charge in [-0.2, -0.15) is 5.09 Å². The molecule has 1 aliphatic heterocycles. The lowest BCUT2D eigenvalue weighted by atomic mass is 9.89. The number of aromatic amines is 1. The number of hydrogen-bond donors (Lipinski definition) is 3. The number of ether oxygens (including phenoxy) is 3. The topological polar surface area (TPSA) is 167 Å². The van der Waals surface area contributed by atoms with Gasteiger partial charge in [-0.25, -0.2) is 9.36 Å². The van der Waals surface area contributed by atoms with Crippen molar-refractivity contribution in [2.45, 2.75) is 70.3 Å². The van der Waals surface area contributed by atoms with Crippen LogP contribution >= 0.6 is 7.75 Å². The van der Waals surface area contributed by atoms with Gasteiger partial charge in [-0.1, -0.05) is 18.2 Å². The van der Waals surface area contributed by atoms with Crippen LogP contribution < -0.4 is 20.9 Å². The minimum atomic E-state index is -4.27. The second-order valence-electron chi connectivity index (χ2n) is 9.60. The van der Waals surface area contributed by atoms with Crippen molar-refractivity contribution in [3.63, 3.8) is 0 Å². The van der Waals surface area contributed by atoms with Crippen molar-refractivity contribution in [1.29, 1.82) is 0 Å². The van der Waals surface area contributed by atoms with Crippen LogP contribution in [0.5, 0.6) is 5.75 Å². The molecule has 2 aromatic rings. The molecule has 3 rings (SSSR count). The third-order valence-corrected chi connectivity index (χ3v) is 7.71. The van der Waals surface area contributed by atoms with Crippen LogP contribution in [0.1, 0.15) is 40.8 Å². The first-order chi connectivity index (χ1) is 17.7. The molecule has 0 unspecified atom stereocenters. The molecular formula is C24H34N3O10P. The molecule has 0 radical (unpaired) electrons. The number of carbonyl (C=O) groups excluding carboxylic acids is 1. The summed E-state index contributed by atoms with van der Waals surface area (Å²) >= 11 is 0. The Bertz CT molecular complexity index is 1280. The van der Waals surface area contributed by atoms with Crippen molar-refractivity contribution in [1.82, 2.24) is 14.6 Å². The summed E-state index contributed by atoms with van der Waals surface area (Å²) in [6, 6.07) is 8.23. The van der Waals surface area contributed by atoms with Crippen LogP contribution in [0.2, 0.25) is 0 Å². The molecule has 3 N–H and O–H groups in total. The molecule has 0 spiro atoms. The van der Waals surface area contributed by atoms with Gasteiger partial charge in [0.15, 0.2) is 6.23 Å². The number of carbonyl (C=O) groups is 1. The normalized spacial score (nSPS) is 27.6. The van der Waals surface area contributed by atoms with E-state index in [1.807, 2.05) is 0 Å². The fraction of sp³-hybridized carbons (Fsp3) is 0.542. The smallest absolute Gasteiger partial charge is 0.459 e. The molecule has 2 heterocycles. The highest BCUT2D eigenvalue weighted by Gasteiger charge is 2.61. The predicted molar refractivity (Wildman–Crippen MR) is 136 cm³/mol. The van der Waals surface area contributed by atoms with Gasteiger partial charge in [0.1, 0.15) is 29.1 Å². The van der Waals surface area contributed by atoms with E-state index in [4.69, 9.17) is 23.3 Å². The Hall–Kier alpha value is -2.80. The summed E-state index contributed by atoms with van der Waals surface area (Å²) in [5.41, 5.74) is -4.44. The molecule has 1 saturated heterocycles. The van der Waals surface area contributed by atoms with Crippen LogP contribution in [0, 0.1) is 0 Å². The lowest BCUT2D eigenvalue weighted by Crippen LogP contribution is -2.52. The third kappa shape index (κ3) is 6.42. The van der Waals surface area contributed by atoms with E-state index in [0.717, 1.165) is 10.6 Å². The second-order valence-corrected chi connectivity index (χ2v) is 11.3. The monoisotopic (exact) mass is 555 g/mol. The minimum absolute atomic E-state index is 0.199. The van der Waals surface area contributed by atoms with E-state index in [-0.39, 0.29) is 5.75 Å². The van der Waals surface area contributed by atoms with Crippen molar-refractivity contribution in [2.75, 3.05) is 13.7 Å².